The van der Waals surface area contributed by atoms with Crippen molar-refractivity contribution in [1.82, 2.24) is 25.3 Å². The fraction of sp³-hybridized carbons (Fsp3) is 0.625. The maximum Gasteiger partial charge on any atom is 0.251 e. The van der Waals surface area contributed by atoms with Gasteiger partial charge in [0, 0.05) is 57.9 Å². The Hall–Kier alpha value is -2.61. The van der Waals surface area contributed by atoms with Gasteiger partial charge in [-0.15, -0.1) is 0 Å². The number of benzene rings is 1. The number of aryl methyl sites for hydroxylation is 1. The van der Waals surface area contributed by atoms with Gasteiger partial charge in [-0.1, -0.05) is 17.7 Å². The number of guanidine groups is 1. The highest BCUT2D eigenvalue weighted by Gasteiger charge is 2.30. The molecule has 2 heterocycles. The third kappa shape index (κ3) is 6.45. The molecule has 2 aliphatic rings. The number of aliphatic imine (C=N–C) groups is 1. The summed E-state index contributed by atoms with van der Waals surface area (Å²) in [5, 5.41) is 6.31. The highest BCUT2D eigenvalue weighted by atomic mass is 16.2. The molecule has 32 heavy (non-hydrogen) atoms. The summed E-state index contributed by atoms with van der Waals surface area (Å²) >= 11 is 0. The van der Waals surface area contributed by atoms with Crippen molar-refractivity contribution in [3.63, 3.8) is 0 Å². The molecule has 2 saturated heterocycles. The molecule has 2 N–H and O–H groups in total. The van der Waals surface area contributed by atoms with Crippen LogP contribution >= 0.6 is 0 Å². The maximum atomic E-state index is 12.7. The van der Waals surface area contributed by atoms with Crippen LogP contribution in [0.4, 0.5) is 0 Å². The van der Waals surface area contributed by atoms with E-state index in [0.29, 0.717) is 18.7 Å². The van der Waals surface area contributed by atoms with E-state index in [9.17, 15) is 9.59 Å². The SMILES string of the molecule is CCNC(=NCCNC(=O)c1cccc(C)c1)N1CCN(C(C)C(=O)N2CCCC2)CC1. The summed E-state index contributed by atoms with van der Waals surface area (Å²) < 4.78 is 0. The summed E-state index contributed by atoms with van der Waals surface area (Å²) in [5.74, 6) is 1.07. The second kappa shape index (κ2) is 11.9. The van der Waals surface area contributed by atoms with Crippen LogP contribution < -0.4 is 10.6 Å². The predicted octanol–water partition coefficient (Wildman–Crippen LogP) is 1.32. The van der Waals surface area contributed by atoms with Crippen LogP contribution in [0.25, 0.3) is 0 Å². The molecule has 3 rings (SSSR count). The lowest BCUT2D eigenvalue weighted by atomic mass is 10.1. The van der Waals surface area contributed by atoms with Gasteiger partial charge < -0.3 is 20.4 Å². The van der Waals surface area contributed by atoms with Crippen molar-refractivity contribution < 1.29 is 9.59 Å². The minimum atomic E-state index is -0.0702. The Kier molecular flexibility index (Phi) is 8.90. The van der Waals surface area contributed by atoms with E-state index in [4.69, 9.17) is 4.99 Å². The van der Waals surface area contributed by atoms with Crippen molar-refractivity contribution in [1.29, 1.82) is 0 Å². The normalized spacial score (nSPS) is 18.5. The summed E-state index contributed by atoms with van der Waals surface area (Å²) in [7, 11) is 0. The first-order valence-corrected chi connectivity index (χ1v) is 11.9. The van der Waals surface area contributed by atoms with Crippen molar-refractivity contribution in [3.8, 4) is 0 Å². The lowest BCUT2D eigenvalue weighted by molar-refractivity contribution is -0.135. The fourth-order valence-corrected chi connectivity index (χ4v) is 4.32. The van der Waals surface area contributed by atoms with E-state index in [-0.39, 0.29) is 17.9 Å². The molecule has 0 spiro atoms. The Balaban J connectivity index is 1.46. The Bertz CT molecular complexity index is 797. The van der Waals surface area contributed by atoms with Crippen LogP contribution in [0.1, 0.15) is 42.6 Å². The molecular formula is C24H38N6O2. The zero-order valence-corrected chi connectivity index (χ0v) is 19.8. The summed E-state index contributed by atoms with van der Waals surface area (Å²) in [4.78, 5) is 36.3. The zero-order valence-electron chi connectivity index (χ0n) is 19.8. The third-order valence-corrected chi connectivity index (χ3v) is 6.21. The van der Waals surface area contributed by atoms with Crippen molar-refractivity contribution in [2.24, 2.45) is 4.99 Å². The van der Waals surface area contributed by atoms with E-state index in [1.807, 2.05) is 43.0 Å². The summed E-state index contributed by atoms with van der Waals surface area (Å²) in [6.07, 6.45) is 2.25. The second-order valence-electron chi connectivity index (χ2n) is 8.59. The van der Waals surface area contributed by atoms with Gasteiger partial charge in [0.2, 0.25) is 5.91 Å². The predicted molar refractivity (Wildman–Crippen MR) is 128 cm³/mol. The van der Waals surface area contributed by atoms with Gasteiger partial charge in [0.25, 0.3) is 5.91 Å². The fourth-order valence-electron chi connectivity index (χ4n) is 4.32. The van der Waals surface area contributed by atoms with Gasteiger partial charge in [-0.25, -0.2) is 0 Å². The number of piperazine rings is 1. The highest BCUT2D eigenvalue weighted by molar-refractivity contribution is 5.94. The summed E-state index contributed by atoms with van der Waals surface area (Å²) in [6, 6.07) is 7.52. The lowest BCUT2D eigenvalue weighted by Gasteiger charge is -2.39. The minimum absolute atomic E-state index is 0.0633. The van der Waals surface area contributed by atoms with Crippen LogP contribution in [0.15, 0.2) is 29.3 Å². The van der Waals surface area contributed by atoms with E-state index in [1.165, 1.54) is 0 Å². The molecule has 0 aliphatic carbocycles. The van der Waals surface area contributed by atoms with Gasteiger partial charge >= 0.3 is 0 Å². The number of nitrogens with zero attached hydrogens (tertiary/aromatic N) is 4. The van der Waals surface area contributed by atoms with Crippen molar-refractivity contribution in [3.05, 3.63) is 35.4 Å². The number of nitrogens with one attached hydrogen (secondary N) is 2. The average Bonchev–Trinajstić information content (AvgIpc) is 3.35. The van der Waals surface area contributed by atoms with E-state index >= 15 is 0 Å². The van der Waals surface area contributed by atoms with E-state index < -0.39 is 0 Å². The summed E-state index contributed by atoms with van der Waals surface area (Å²) in [6.45, 7) is 13.0. The minimum Gasteiger partial charge on any atom is -0.357 e. The standard InChI is InChI=1S/C24H38N6O2/c1-4-25-24(27-11-10-26-22(31)21-9-7-8-19(2)18-21)30-16-14-28(15-17-30)20(3)23(32)29-12-5-6-13-29/h7-9,18,20H,4-6,10-17H2,1-3H3,(H,25,27)(H,26,31). The monoisotopic (exact) mass is 442 g/mol. The van der Waals surface area contributed by atoms with Gasteiger partial charge in [-0.05, 0) is 45.7 Å². The molecule has 1 aromatic rings. The topological polar surface area (TPSA) is 80.3 Å². The molecule has 0 saturated carbocycles. The number of carbonyl (C=O) groups is 2. The number of hydrogen-bond donors (Lipinski definition) is 2. The van der Waals surface area contributed by atoms with E-state index in [1.54, 1.807) is 0 Å². The van der Waals surface area contributed by atoms with Gasteiger partial charge in [0.05, 0.1) is 12.6 Å². The summed E-state index contributed by atoms with van der Waals surface area (Å²) in [5.41, 5.74) is 1.75. The third-order valence-electron chi connectivity index (χ3n) is 6.21. The van der Waals surface area contributed by atoms with Crippen LogP contribution in [0, 0.1) is 6.92 Å². The maximum absolute atomic E-state index is 12.7. The molecule has 1 atom stereocenters. The molecule has 2 amide bonds. The molecule has 2 aliphatic heterocycles. The first kappa shape index (κ1) is 24.0. The molecule has 0 aromatic heterocycles. The number of rotatable bonds is 7. The van der Waals surface area contributed by atoms with E-state index in [2.05, 4.69) is 27.4 Å². The molecular weight excluding hydrogens is 404 g/mol. The van der Waals surface area contributed by atoms with Crippen molar-refractivity contribution >= 4 is 17.8 Å². The molecule has 1 unspecified atom stereocenters. The largest absolute Gasteiger partial charge is 0.357 e. The molecule has 8 heteroatoms. The Morgan fingerprint density at radius 3 is 2.41 bits per heavy atom. The average molecular weight is 443 g/mol. The highest BCUT2D eigenvalue weighted by Crippen LogP contribution is 2.14. The van der Waals surface area contributed by atoms with Crippen LogP contribution in [0.3, 0.4) is 0 Å². The van der Waals surface area contributed by atoms with Crippen LogP contribution in [-0.2, 0) is 4.79 Å². The molecule has 176 valence electrons. The molecule has 1 aromatic carbocycles. The Morgan fingerprint density at radius 2 is 1.75 bits per heavy atom. The molecule has 0 radical (unpaired) electrons. The smallest absolute Gasteiger partial charge is 0.251 e. The number of carbonyl (C=O) groups excluding carboxylic acids is 2. The molecule has 0 bridgehead atoms. The Morgan fingerprint density at radius 1 is 1.03 bits per heavy atom. The van der Waals surface area contributed by atoms with Crippen molar-refractivity contribution in [2.75, 3.05) is 58.9 Å². The first-order chi connectivity index (χ1) is 15.5. The van der Waals surface area contributed by atoms with Crippen LogP contribution in [0.5, 0.6) is 0 Å². The Labute approximate surface area is 192 Å². The quantitative estimate of drug-likeness (QED) is 0.378. The van der Waals surface area contributed by atoms with Gasteiger partial charge in [-0.2, -0.15) is 0 Å². The first-order valence-electron chi connectivity index (χ1n) is 11.9. The second-order valence-corrected chi connectivity index (χ2v) is 8.59. The van der Waals surface area contributed by atoms with Crippen LogP contribution in [0.2, 0.25) is 0 Å². The molecule has 8 nitrogen and oxygen atoms in total. The lowest BCUT2D eigenvalue weighted by Crippen LogP contribution is -2.57. The van der Waals surface area contributed by atoms with Gasteiger partial charge in [0.15, 0.2) is 5.96 Å². The van der Waals surface area contributed by atoms with Gasteiger partial charge in [0.1, 0.15) is 0 Å². The van der Waals surface area contributed by atoms with E-state index in [0.717, 1.165) is 70.2 Å². The van der Waals surface area contributed by atoms with Crippen LogP contribution in [-0.4, -0.2) is 97.4 Å². The number of amides is 2. The number of hydrogen-bond acceptors (Lipinski definition) is 4. The van der Waals surface area contributed by atoms with Gasteiger partial charge in [-0.3, -0.25) is 19.5 Å². The zero-order chi connectivity index (χ0) is 22.9. The van der Waals surface area contributed by atoms with Crippen molar-refractivity contribution in [2.45, 2.75) is 39.7 Å². The number of likely N-dealkylation sites (tertiary alicyclic amines) is 1. The molecule has 2 fully saturated rings.